The van der Waals surface area contributed by atoms with Crippen LogP contribution in [0.2, 0.25) is 0 Å². The first-order valence-corrected chi connectivity index (χ1v) is 8.23. The maximum atomic E-state index is 6.08. The highest BCUT2D eigenvalue weighted by Gasteiger charge is 2.41. The van der Waals surface area contributed by atoms with Gasteiger partial charge in [-0.25, -0.2) is 0 Å². The van der Waals surface area contributed by atoms with Gasteiger partial charge in [-0.3, -0.25) is 4.99 Å². The van der Waals surface area contributed by atoms with Crippen LogP contribution in [0.1, 0.15) is 44.9 Å². The van der Waals surface area contributed by atoms with Gasteiger partial charge in [0.15, 0.2) is 11.7 Å². The van der Waals surface area contributed by atoms with Crippen molar-refractivity contribution in [3.8, 4) is 0 Å². The Labute approximate surface area is 149 Å². The fourth-order valence-electron chi connectivity index (χ4n) is 3.34. The summed E-state index contributed by atoms with van der Waals surface area (Å²) >= 11 is 0. The van der Waals surface area contributed by atoms with E-state index in [-0.39, 0.29) is 42.0 Å². The van der Waals surface area contributed by atoms with E-state index < -0.39 is 0 Å². The Morgan fingerprint density at radius 3 is 2.73 bits per heavy atom. The van der Waals surface area contributed by atoms with Crippen molar-refractivity contribution in [1.82, 2.24) is 5.32 Å². The normalized spacial score (nSPS) is 31.2. The lowest BCUT2D eigenvalue weighted by molar-refractivity contribution is -0.186. The minimum Gasteiger partial charge on any atom is -0.376 e. The molecule has 22 heavy (non-hydrogen) atoms. The number of guanidine groups is 1. The quantitative estimate of drug-likeness (QED) is 0.408. The van der Waals surface area contributed by atoms with E-state index in [9.17, 15) is 0 Å². The third-order valence-corrected chi connectivity index (χ3v) is 4.53. The molecule has 1 saturated carbocycles. The van der Waals surface area contributed by atoms with Crippen LogP contribution in [0.25, 0.3) is 0 Å². The van der Waals surface area contributed by atoms with Crippen molar-refractivity contribution in [3.05, 3.63) is 0 Å². The molecule has 0 aromatic carbocycles. The summed E-state index contributed by atoms with van der Waals surface area (Å²) in [5, 5.41) is 3.13. The average molecular weight is 425 g/mol. The molecule has 2 aliphatic heterocycles. The minimum absolute atomic E-state index is 0. The smallest absolute Gasteiger partial charge is 0.188 e. The topological polar surface area (TPSA) is 78.1 Å². The maximum absolute atomic E-state index is 6.08. The molecule has 2 unspecified atom stereocenters. The van der Waals surface area contributed by atoms with Gasteiger partial charge in [-0.1, -0.05) is 6.42 Å². The molecule has 2 heterocycles. The number of ether oxygens (including phenoxy) is 3. The van der Waals surface area contributed by atoms with Crippen LogP contribution in [-0.2, 0) is 14.2 Å². The summed E-state index contributed by atoms with van der Waals surface area (Å²) in [6.45, 7) is 2.79. The zero-order valence-corrected chi connectivity index (χ0v) is 15.4. The van der Waals surface area contributed by atoms with Gasteiger partial charge in [-0.05, 0) is 25.7 Å². The zero-order chi connectivity index (χ0) is 14.5. The molecule has 2 atom stereocenters. The van der Waals surface area contributed by atoms with Crippen molar-refractivity contribution in [1.29, 1.82) is 0 Å². The zero-order valence-electron chi connectivity index (χ0n) is 13.1. The van der Waals surface area contributed by atoms with E-state index in [0.717, 1.165) is 38.8 Å². The standard InChI is InChI=1S/C15H27N3O3.HI/c16-14(17-9-12-5-4-8-19-12)18-10-13-11-20-15(21-13)6-2-1-3-7-15;/h12-13H,1-11H2,(H3,16,17,18);1H. The van der Waals surface area contributed by atoms with Crippen molar-refractivity contribution in [2.45, 2.75) is 62.9 Å². The van der Waals surface area contributed by atoms with E-state index in [1.54, 1.807) is 0 Å². The van der Waals surface area contributed by atoms with Crippen LogP contribution in [0.3, 0.4) is 0 Å². The van der Waals surface area contributed by atoms with Crippen molar-refractivity contribution in [3.63, 3.8) is 0 Å². The summed E-state index contributed by atoms with van der Waals surface area (Å²) in [5.41, 5.74) is 5.89. The highest BCUT2D eigenvalue weighted by molar-refractivity contribution is 14.0. The lowest BCUT2D eigenvalue weighted by Crippen LogP contribution is -2.38. The Morgan fingerprint density at radius 1 is 1.18 bits per heavy atom. The highest BCUT2D eigenvalue weighted by atomic mass is 127. The predicted octanol–water partition coefficient (Wildman–Crippen LogP) is 1.76. The highest BCUT2D eigenvalue weighted by Crippen LogP contribution is 2.37. The first kappa shape index (κ1) is 18.2. The maximum Gasteiger partial charge on any atom is 0.188 e. The molecule has 0 aromatic rings. The molecule has 0 radical (unpaired) electrons. The van der Waals surface area contributed by atoms with E-state index in [2.05, 4.69) is 10.3 Å². The first-order chi connectivity index (χ1) is 10.3. The molecule has 3 aliphatic rings. The fraction of sp³-hybridized carbons (Fsp3) is 0.933. The van der Waals surface area contributed by atoms with Gasteiger partial charge in [0.05, 0.1) is 19.3 Å². The van der Waals surface area contributed by atoms with Crippen molar-refractivity contribution < 1.29 is 14.2 Å². The monoisotopic (exact) mass is 425 g/mol. The lowest BCUT2D eigenvalue weighted by Gasteiger charge is -2.31. The van der Waals surface area contributed by atoms with Gasteiger partial charge in [0, 0.05) is 26.0 Å². The molecule has 2 saturated heterocycles. The van der Waals surface area contributed by atoms with Crippen LogP contribution in [-0.4, -0.2) is 50.3 Å². The Kier molecular flexibility index (Phi) is 7.17. The Bertz CT molecular complexity index is 369. The first-order valence-electron chi connectivity index (χ1n) is 8.23. The number of halogens is 1. The number of hydrogen-bond donors (Lipinski definition) is 2. The molecular weight excluding hydrogens is 397 g/mol. The van der Waals surface area contributed by atoms with Crippen LogP contribution in [0.15, 0.2) is 4.99 Å². The number of nitrogens with zero attached hydrogens (tertiary/aromatic N) is 1. The Morgan fingerprint density at radius 2 is 2.00 bits per heavy atom. The fourth-order valence-corrected chi connectivity index (χ4v) is 3.34. The van der Waals surface area contributed by atoms with Gasteiger partial charge in [0.2, 0.25) is 0 Å². The second-order valence-corrected chi connectivity index (χ2v) is 6.26. The van der Waals surface area contributed by atoms with Crippen LogP contribution < -0.4 is 11.1 Å². The van der Waals surface area contributed by atoms with Gasteiger partial charge < -0.3 is 25.3 Å². The number of nitrogens with two attached hydrogens (primary N) is 1. The van der Waals surface area contributed by atoms with Gasteiger partial charge >= 0.3 is 0 Å². The number of aliphatic imine (C=N–C) groups is 1. The molecular formula is C15H28IN3O3. The Hall–Kier alpha value is -0.120. The molecule has 1 aliphatic carbocycles. The average Bonchev–Trinajstić information content (AvgIpc) is 3.14. The molecule has 0 bridgehead atoms. The van der Waals surface area contributed by atoms with Crippen molar-refractivity contribution in [2.24, 2.45) is 10.7 Å². The molecule has 6 nitrogen and oxygen atoms in total. The number of rotatable bonds is 4. The van der Waals surface area contributed by atoms with Gasteiger partial charge in [0.1, 0.15) is 6.10 Å². The van der Waals surface area contributed by atoms with E-state index in [4.69, 9.17) is 19.9 Å². The third-order valence-electron chi connectivity index (χ3n) is 4.53. The molecule has 0 amide bonds. The summed E-state index contributed by atoms with van der Waals surface area (Å²) in [7, 11) is 0. The molecule has 0 aromatic heterocycles. The molecule has 3 rings (SSSR count). The lowest BCUT2D eigenvalue weighted by atomic mass is 9.94. The van der Waals surface area contributed by atoms with E-state index in [1.165, 1.54) is 19.3 Å². The molecule has 3 fully saturated rings. The van der Waals surface area contributed by atoms with Crippen LogP contribution in [0, 0.1) is 0 Å². The number of hydrogen-bond acceptors (Lipinski definition) is 4. The molecule has 3 N–H and O–H groups in total. The van der Waals surface area contributed by atoms with E-state index in [0.29, 0.717) is 19.1 Å². The van der Waals surface area contributed by atoms with Gasteiger partial charge in [0.25, 0.3) is 0 Å². The van der Waals surface area contributed by atoms with Crippen molar-refractivity contribution in [2.75, 3.05) is 26.3 Å². The van der Waals surface area contributed by atoms with Crippen LogP contribution in [0.4, 0.5) is 0 Å². The number of nitrogens with one attached hydrogen (secondary N) is 1. The second kappa shape index (κ2) is 8.65. The SMILES string of the molecule is I.NC(=NCC1COC2(CCCCC2)O1)NCC1CCCO1. The molecule has 128 valence electrons. The van der Waals surface area contributed by atoms with E-state index in [1.807, 2.05) is 0 Å². The third kappa shape index (κ3) is 4.94. The van der Waals surface area contributed by atoms with Gasteiger partial charge in [-0.15, -0.1) is 24.0 Å². The van der Waals surface area contributed by atoms with Crippen LogP contribution >= 0.6 is 24.0 Å². The summed E-state index contributed by atoms with van der Waals surface area (Å²) in [4.78, 5) is 4.37. The second-order valence-electron chi connectivity index (χ2n) is 6.26. The minimum atomic E-state index is -0.321. The van der Waals surface area contributed by atoms with Crippen molar-refractivity contribution >= 4 is 29.9 Å². The van der Waals surface area contributed by atoms with E-state index >= 15 is 0 Å². The molecule has 7 heteroatoms. The summed E-state index contributed by atoms with van der Waals surface area (Å²) in [6.07, 6.45) is 8.25. The predicted molar refractivity (Wildman–Crippen MR) is 95.5 cm³/mol. The van der Waals surface area contributed by atoms with Crippen LogP contribution in [0.5, 0.6) is 0 Å². The summed E-state index contributed by atoms with van der Waals surface area (Å²) < 4.78 is 17.5. The summed E-state index contributed by atoms with van der Waals surface area (Å²) in [5.74, 6) is 0.150. The van der Waals surface area contributed by atoms with Gasteiger partial charge in [-0.2, -0.15) is 0 Å². The molecule has 1 spiro atoms. The summed E-state index contributed by atoms with van der Waals surface area (Å²) in [6, 6.07) is 0. The largest absolute Gasteiger partial charge is 0.376 e. The Balaban J connectivity index is 0.00000176.